The van der Waals surface area contributed by atoms with Gasteiger partial charge in [-0.1, -0.05) is 0 Å². The molecule has 16 heavy (non-hydrogen) atoms. The third-order valence-corrected chi connectivity index (χ3v) is 3.92. The molecular formula is C11H16BrNO2S. The Labute approximate surface area is 108 Å². The molecule has 0 aromatic carbocycles. The van der Waals surface area contributed by atoms with Crippen LogP contribution in [0.25, 0.3) is 0 Å². The molecule has 0 aliphatic heterocycles. The number of nitrogens with one attached hydrogen (secondary N) is 1. The van der Waals surface area contributed by atoms with Crippen molar-refractivity contribution in [3.05, 3.63) is 20.8 Å². The second kappa shape index (κ2) is 7.17. The lowest BCUT2D eigenvalue weighted by Crippen LogP contribution is -2.29. The number of halogens is 1. The van der Waals surface area contributed by atoms with E-state index in [0.29, 0.717) is 13.0 Å². The molecule has 0 bridgehead atoms. The van der Waals surface area contributed by atoms with Crippen molar-refractivity contribution in [1.82, 2.24) is 5.32 Å². The van der Waals surface area contributed by atoms with Gasteiger partial charge in [-0.3, -0.25) is 4.79 Å². The molecule has 1 aromatic heterocycles. The molecule has 0 amide bonds. The highest BCUT2D eigenvalue weighted by atomic mass is 79.9. The molecule has 5 heteroatoms. The van der Waals surface area contributed by atoms with Gasteiger partial charge in [-0.25, -0.2) is 0 Å². The van der Waals surface area contributed by atoms with Crippen LogP contribution in [0.3, 0.4) is 0 Å². The molecule has 2 N–H and O–H groups in total. The molecule has 0 radical (unpaired) electrons. The van der Waals surface area contributed by atoms with Gasteiger partial charge in [0.2, 0.25) is 0 Å². The minimum Gasteiger partial charge on any atom is -0.396 e. The molecule has 90 valence electrons. The predicted octanol–water partition coefficient (Wildman–Crippen LogP) is 2.44. The molecule has 0 saturated carbocycles. The number of hydrogen-bond acceptors (Lipinski definition) is 4. The maximum absolute atomic E-state index is 11.7. The van der Waals surface area contributed by atoms with Crippen LogP contribution in [-0.4, -0.2) is 30.1 Å². The van der Waals surface area contributed by atoms with Gasteiger partial charge in [-0.15, -0.1) is 11.3 Å². The zero-order valence-electron chi connectivity index (χ0n) is 9.20. The lowest BCUT2D eigenvalue weighted by molar-refractivity contribution is 0.0985. The van der Waals surface area contributed by atoms with Crippen molar-refractivity contribution in [2.45, 2.75) is 25.8 Å². The van der Waals surface area contributed by atoms with Gasteiger partial charge in [0.15, 0.2) is 5.78 Å². The van der Waals surface area contributed by atoms with Crippen LogP contribution in [0.15, 0.2) is 15.9 Å². The van der Waals surface area contributed by atoms with Gasteiger partial charge in [0.25, 0.3) is 0 Å². The Hall–Kier alpha value is -0.230. The highest BCUT2D eigenvalue weighted by Crippen LogP contribution is 2.22. The number of rotatable bonds is 7. The van der Waals surface area contributed by atoms with E-state index in [1.807, 2.05) is 19.1 Å². The lowest BCUT2D eigenvalue weighted by atomic mass is 10.2. The normalized spacial score (nSPS) is 12.7. The maximum Gasteiger partial charge on any atom is 0.174 e. The first-order valence-electron chi connectivity index (χ1n) is 5.26. The fourth-order valence-electron chi connectivity index (χ4n) is 1.32. The van der Waals surface area contributed by atoms with Crippen LogP contribution in [0.5, 0.6) is 0 Å². The summed E-state index contributed by atoms with van der Waals surface area (Å²) in [6, 6.07) is 3.99. The Balaban J connectivity index is 2.25. The van der Waals surface area contributed by atoms with E-state index in [2.05, 4.69) is 21.2 Å². The Bertz CT molecular complexity index is 340. The Morgan fingerprint density at radius 2 is 2.38 bits per heavy atom. The SMILES string of the molecule is CC(CCO)NCCC(=O)c1ccc(Br)s1. The fraction of sp³-hybridized carbons (Fsp3) is 0.545. The van der Waals surface area contributed by atoms with Crippen molar-refractivity contribution < 1.29 is 9.90 Å². The molecule has 1 unspecified atom stereocenters. The van der Waals surface area contributed by atoms with E-state index in [1.165, 1.54) is 11.3 Å². The zero-order chi connectivity index (χ0) is 12.0. The van der Waals surface area contributed by atoms with Gasteiger partial charge in [0.1, 0.15) is 0 Å². The number of thiophene rings is 1. The first kappa shape index (κ1) is 13.8. The number of carbonyl (C=O) groups excluding carboxylic acids is 1. The smallest absolute Gasteiger partial charge is 0.174 e. The van der Waals surface area contributed by atoms with Crippen molar-refractivity contribution in [3.8, 4) is 0 Å². The van der Waals surface area contributed by atoms with Crippen LogP contribution >= 0.6 is 27.3 Å². The van der Waals surface area contributed by atoms with Crippen LogP contribution < -0.4 is 5.32 Å². The summed E-state index contributed by atoms with van der Waals surface area (Å²) in [7, 11) is 0. The van der Waals surface area contributed by atoms with Crippen molar-refractivity contribution >= 4 is 33.0 Å². The van der Waals surface area contributed by atoms with Gasteiger partial charge in [0.05, 0.1) is 8.66 Å². The molecular weight excluding hydrogens is 290 g/mol. The molecule has 3 nitrogen and oxygen atoms in total. The quantitative estimate of drug-likeness (QED) is 0.761. The molecule has 0 aliphatic rings. The second-order valence-corrected chi connectivity index (χ2v) is 6.11. The number of ketones is 1. The monoisotopic (exact) mass is 305 g/mol. The average molecular weight is 306 g/mol. The number of aliphatic hydroxyl groups is 1. The second-order valence-electron chi connectivity index (χ2n) is 3.64. The Morgan fingerprint density at radius 1 is 1.62 bits per heavy atom. The third kappa shape index (κ3) is 4.74. The van der Waals surface area contributed by atoms with Crippen LogP contribution in [0, 0.1) is 0 Å². The summed E-state index contributed by atoms with van der Waals surface area (Å²) in [5.41, 5.74) is 0. The fourth-order valence-corrected chi connectivity index (χ4v) is 2.67. The predicted molar refractivity (Wildman–Crippen MR) is 70.1 cm³/mol. The van der Waals surface area contributed by atoms with Crippen molar-refractivity contribution in [2.24, 2.45) is 0 Å². The van der Waals surface area contributed by atoms with Gasteiger partial charge in [-0.2, -0.15) is 0 Å². The summed E-state index contributed by atoms with van der Waals surface area (Å²) in [6.45, 7) is 2.85. The Morgan fingerprint density at radius 3 is 2.94 bits per heavy atom. The highest BCUT2D eigenvalue weighted by Gasteiger charge is 2.08. The largest absolute Gasteiger partial charge is 0.396 e. The van der Waals surface area contributed by atoms with Crippen LogP contribution in [-0.2, 0) is 0 Å². The number of aliphatic hydroxyl groups excluding tert-OH is 1. The molecule has 1 aromatic rings. The van der Waals surface area contributed by atoms with E-state index in [4.69, 9.17) is 5.11 Å². The summed E-state index contributed by atoms with van der Waals surface area (Å²) < 4.78 is 0.984. The van der Waals surface area contributed by atoms with Crippen LogP contribution in [0.2, 0.25) is 0 Å². The summed E-state index contributed by atoms with van der Waals surface area (Å²) in [5, 5.41) is 11.9. The average Bonchev–Trinajstić information content (AvgIpc) is 2.65. The van der Waals surface area contributed by atoms with Crippen LogP contribution in [0.4, 0.5) is 0 Å². The van der Waals surface area contributed by atoms with Gasteiger partial charge in [-0.05, 0) is 41.4 Å². The summed E-state index contributed by atoms with van der Waals surface area (Å²) in [5.74, 6) is 0.166. The zero-order valence-corrected chi connectivity index (χ0v) is 11.6. The van der Waals surface area contributed by atoms with Gasteiger partial charge in [0, 0.05) is 25.6 Å². The van der Waals surface area contributed by atoms with Crippen molar-refractivity contribution in [3.63, 3.8) is 0 Å². The van der Waals surface area contributed by atoms with E-state index in [-0.39, 0.29) is 18.4 Å². The van der Waals surface area contributed by atoms with Crippen molar-refractivity contribution in [2.75, 3.05) is 13.2 Å². The Kier molecular flexibility index (Phi) is 6.20. The standard InChI is InChI=1S/C11H16BrNO2S/c1-8(5-7-14)13-6-4-9(15)10-2-3-11(12)16-10/h2-3,8,13-14H,4-7H2,1H3. The number of Topliss-reactive ketones (excluding diaryl/α,β-unsaturated/α-hetero) is 1. The number of carbonyl (C=O) groups is 1. The first-order valence-corrected chi connectivity index (χ1v) is 6.87. The van der Waals surface area contributed by atoms with E-state index < -0.39 is 0 Å². The van der Waals surface area contributed by atoms with E-state index in [1.54, 1.807) is 0 Å². The van der Waals surface area contributed by atoms with Gasteiger partial charge < -0.3 is 10.4 Å². The first-order chi connectivity index (χ1) is 7.63. The molecule has 0 aliphatic carbocycles. The minimum absolute atomic E-state index is 0.166. The molecule has 1 heterocycles. The summed E-state index contributed by atoms with van der Waals surface area (Å²) in [6.07, 6.45) is 1.22. The van der Waals surface area contributed by atoms with E-state index in [9.17, 15) is 4.79 Å². The minimum atomic E-state index is 0.166. The molecule has 0 fully saturated rings. The number of hydrogen-bond donors (Lipinski definition) is 2. The van der Waals surface area contributed by atoms with Crippen LogP contribution in [0.1, 0.15) is 29.4 Å². The topological polar surface area (TPSA) is 49.3 Å². The van der Waals surface area contributed by atoms with E-state index >= 15 is 0 Å². The third-order valence-electron chi connectivity index (χ3n) is 2.25. The summed E-state index contributed by atoms with van der Waals surface area (Å²) >= 11 is 4.80. The molecule has 1 rings (SSSR count). The molecule has 0 saturated heterocycles. The lowest BCUT2D eigenvalue weighted by Gasteiger charge is -2.11. The van der Waals surface area contributed by atoms with Gasteiger partial charge >= 0.3 is 0 Å². The van der Waals surface area contributed by atoms with Crippen molar-refractivity contribution in [1.29, 1.82) is 0 Å². The molecule has 0 spiro atoms. The highest BCUT2D eigenvalue weighted by molar-refractivity contribution is 9.11. The molecule has 1 atom stereocenters. The maximum atomic E-state index is 11.7. The van der Waals surface area contributed by atoms with E-state index in [0.717, 1.165) is 15.1 Å². The summed E-state index contributed by atoms with van der Waals surface area (Å²) in [4.78, 5) is 12.5.